The summed E-state index contributed by atoms with van der Waals surface area (Å²) >= 11 is 0. The highest BCUT2D eigenvalue weighted by molar-refractivity contribution is 5.94. The van der Waals surface area contributed by atoms with Crippen molar-refractivity contribution in [1.82, 2.24) is 14.7 Å². The molecule has 0 unspecified atom stereocenters. The van der Waals surface area contributed by atoms with Crippen molar-refractivity contribution in [2.75, 3.05) is 13.7 Å². The Balaban J connectivity index is 2.43. The standard InChI is InChI=1S/C14H19N3O2/c1-9(2)8-15-14(18)12-10(3)16-13-11(19-4)6-5-7-17(12)13/h5-7,9H,8H2,1-4H3,(H,15,18). The number of carbonyl (C=O) groups excluding carboxylic acids is 1. The van der Waals surface area contributed by atoms with Gasteiger partial charge in [0.25, 0.3) is 5.91 Å². The summed E-state index contributed by atoms with van der Waals surface area (Å²) in [5, 5.41) is 2.91. The second-order valence-corrected chi connectivity index (χ2v) is 4.92. The summed E-state index contributed by atoms with van der Waals surface area (Å²) in [4.78, 5) is 16.6. The maximum Gasteiger partial charge on any atom is 0.270 e. The van der Waals surface area contributed by atoms with E-state index in [9.17, 15) is 4.79 Å². The first-order chi connectivity index (χ1) is 9.04. The van der Waals surface area contributed by atoms with Gasteiger partial charge in [0.1, 0.15) is 5.69 Å². The third kappa shape index (κ3) is 2.54. The molecule has 2 aromatic heterocycles. The Hall–Kier alpha value is -2.04. The summed E-state index contributed by atoms with van der Waals surface area (Å²) in [5.41, 5.74) is 1.93. The van der Waals surface area contributed by atoms with Crippen molar-refractivity contribution in [3.8, 4) is 5.75 Å². The maximum absolute atomic E-state index is 12.2. The number of nitrogens with one attached hydrogen (secondary N) is 1. The lowest BCUT2D eigenvalue weighted by atomic mass is 10.2. The highest BCUT2D eigenvalue weighted by Gasteiger charge is 2.18. The molecule has 2 rings (SSSR count). The molecule has 0 bridgehead atoms. The molecule has 0 saturated heterocycles. The molecular weight excluding hydrogens is 242 g/mol. The van der Waals surface area contributed by atoms with Crippen LogP contribution in [0.1, 0.15) is 30.0 Å². The zero-order chi connectivity index (χ0) is 14.0. The Bertz CT molecular complexity index is 602. The Morgan fingerprint density at radius 2 is 2.26 bits per heavy atom. The molecule has 5 heteroatoms. The third-order valence-electron chi connectivity index (χ3n) is 2.89. The van der Waals surface area contributed by atoms with Gasteiger partial charge in [0.15, 0.2) is 11.4 Å². The van der Waals surface area contributed by atoms with E-state index in [1.807, 2.05) is 25.3 Å². The van der Waals surface area contributed by atoms with Crippen molar-refractivity contribution < 1.29 is 9.53 Å². The van der Waals surface area contributed by atoms with Crippen molar-refractivity contribution in [2.24, 2.45) is 5.92 Å². The van der Waals surface area contributed by atoms with Crippen LogP contribution < -0.4 is 10.1 Å². The molecule has 0 aliphatic carbocycles. The molecule has 2 heterocycles. The quantitative estimate of drug-likeness (QED) is 0.916. The highest BCUT2D eigenvalue weighted by Crippen LogP contribution is 2.21. The lowest BCUT2D eigenvalue weighted by Crippen LogP contribution is -2.28. The largest absolute Gasteiger partial charge is 0.493 e. The average Bonchev–Trinajstić information content (AvgIpc) is 2.71. The molecule has 0 spiro atoms. The Morgan fingerprint density at radius 1 is 1.53 bits per heavy atom. The number of hydrogen-bond donors (Lipinski definition) is 1. The van der Waals surface area contributed by atoms with E-state index in [1.165, 1.54) is 0 Å². The molecule has 0 aliphatic heterocycles. The van der Waals surface area contributed by atoms with E-state index in [2.05, 4.69) is 24.1 Å². The second-order valence-electron chi connectivity index (χ2n) is 4.92. The predicted octanol–water partition coefficient (Wildman–Crippen LogP) is 2.04. The number of aryl methyl sites for hydroxylation is 1. The SMILES string of the molecule is COc1cccn2c(C(=O)NCC(C)C)c(C)nc12. The third-order valence-corrected chi connectivity index (χ3v) is 2.89. The molecule has 0 saturated carbocycles. The minimum atomic E-state index is -0.105. The first kappa shape index (κ1) is 13.4. The number of aromatic nitrogens is 2. The van der Waals surface area contributed by atoms with Crippen LogP contribution in [0.5, 0.6) is 5.75 Å². The molecule has 0 radical (unpaired) electrons. The lowest BCUT2D eigenvalue weighted by Gasteiger charge is -2.08. The fourth-order valence-electron chi connectivity index (χ4n) is 1.97. The van der Waals surface area contributed by atoms with Gasteiger partial charge in [-0.05, 0) is 25.0 Å². The van der Waals surface area contributed by atoms with Crippen LogP contribution in [0.2, 0.25) is 0 Å². The van der Waals surface area contributed by atoms with Gasteiger partial charge in [-0.15, -0.1) is 0 Å². The van der Waals surface area contributed by atoms with Gasteiger partial charge >= 0.3 is 0 Å². The molecule has 19 heavy (non-hydrogen) atoms. The fraction of sp³-hybridized carbons (Fsp3) is 0.429. The van der Waals surface area contributed by atoms with Gasteiger partial charge in [-0.2, -0.15) is 0 Å². The Morgan fingerprint density at radius 3 is 2.89 bits per heavy atom. The average molecular weight is 261 g/mol. The number of methoxy groups -OCH3 is 1. The summed E-state index contributed by atoms with van der Waals surface area (Å²) in [5.74, 6) is 0.971. The second kappa shape index (κ2) is 5.30. The number of pyridine rings is 1. The number of fused-ring (bicyclic) bond motifs is 1. The van der Waals surface area contributed by atoms with Gasteiger partial charge in [-0.25, -0.2) is 4.98 Å². The lowest BCUT2D eigenvalue weighted by molar-refractivity contribution is 0.0942. The first-order valence-corrected chi connectivity index (χ1v) is 6.34. The molecule has 0 fully saturated rings. The van der Waals surface area contributed by atoms with Crippen LogP contribution in [0, 0.1) is 12.8 Å². The molecule has 5 nitrogen and oxygen atoms in total. The Kier molecular flexibility index (Phi) is 3.74. The van der Waals surface area contributed by atoms with Gasteiger partial charge in [0, 0.05) is 12.7 Å². The molecule has 1 N–H and O–H groups in total. The minimum absolute atomic E-state index is 0.105. The molecule has 0 aromatic carbocycles. The molecule has 0 atom stereocenters. The summed E-state index contributed by atoms with van der Waals surface area (Å²) in [6.45, 7) is 6.60. The normalized spacial score (nSPS) is 11.0. The van der Waals surface area contributed by atoms with Crippen LogP contribution in [0.15, 0.2) is 18.3 Å². The number of ether oxygens (including phenoxy) is 1. The number of nitrogens with zero attached hydrogens (tertiary/aromatic N) is 2. The molecule has 102 valence electrons. The van der Waals surface area contributed by atoms with Crippen LogP contribution in [0.4, 0.5) is 0 Å². The monoisotopic (exact) mass is 261 g/mol. The van der Waals surface area contributed by atoms with E-state index in [4.69, 9.17) is 4.74 Å². The van der Waals surface area contributed by atoms with Gasteiger partial charge < -0.3 is 10.1 Å². The zero-order valence-corrected chi connectivity index (χ0v) is 11.7. The van der Waals surface area contributed by atoms with E-state index in [1.54, 1.807) is 11.5 Å². The van der Waals surface area contributed by atoms with E-state index < -0.39 is 0 Å². The first-order valence-electron chi connectivity index (χ1n) is 6.34. The minimum Gasteiger partial charge on any atom is -0.493 e. The molecule has 0 aliphatic rings. The van der Waals surface area contributed by atoms with Gasteiger partial charge in [-0.1, -0.05) is 13.8 Å². The van der Waals surface area contributed by atoms with E-state index in [-0.39, 0.29) is 5.91 Å². The van der Waals surface area contributed by atoms with Crippen LogP contribution in [0.3, 0.4) is 0 Å². The van der Waals surface area contributed by atoms with Gasteiger partial charge in [-0.3, -0.25) is 9.20 Å². The molecular formula is C14H19N3O2. The number of carbonyl (C=O) groups is 1. The summed E-state index contributed by atoms with van der Waals surface area (Å²) < 4.78 is 7.03. The van der Waals surface area contributed by atoms with Crippen molar-refractivity contribution in [1.29, 1.82) is 0 Å². The van der Waals surface area contributed by atoms with Crippen molar-refractivity contribution >= 4 is 11.6 Å². The van der Waals surface area contributed by atoms with Crippen LogP contribution in [-0.2, 0) is 0 Å². The van der Waals surface area contributed by atoms with Crippen molar-refractivity contribution in [2.45, 2.75) is 20.8 Å². The van der Waals surface area contributed by atoms with Crippen molar-refractivity contribution in [3.63, 3.8) is 0 Å². The zero-order valence-electron chi connectivity index (χ0n) is 11.7. The number of imidazole rings is 1. The van der Waals surface area contributed by atoms with Crippen molar-refractivity contribution in [3.05, 3.63) is 29.7 Å². The van der Waals surface area contributed by atoms with Crippen LogP contribution >= 0.6 is 0 Å². The fourth-order valence-corrected chi connectivity index (χ4v) is 1.97. The van der Waals surface area contributed by atoms with Gasteiger partial charge in [0.05, 0.1) is 12.8 Å². The highest BCUT2D eigenvalue weighted by atomic mass is 16.5. The summed E-state index contributed by atoms with van der Waals surface area (Å²) in [7, 11) is 1.60. The summed E-state index contributed by atoms with van der Waals surface area (Å²) in [6, 6.07) is 3.67. The summed E-state index contributed by atoms with van der Waals surface area (Å²) in [6.07, 6.45) is 1.82. The predicted molar refractivity (Wildman–Crippen MR) is 73.7 cm³/mol. The van der Waals surface area contributed by atoms with E-state index in [0.29, 0.717) is 35.2 Å². The number of hydrogen-bond acceptors (Lipinski definition) is 3. The van der Waals surface area contributed by atoms with Gasteiger partial charge in [0.2, 0.25) is 0 Å². The Labute approximate surface area is 112 Å². The van der Waals surface area contributed by atoms with Crippen LogP contribution in [-0.4, -0.2) is 28.9 Å². The van der Waals surface area contributed by atoms with Crippen LogP contribution in [0.25, 0.3) is 5.65 Å². The van der Waals surface area contributed by atoms with E-state index in [0.717, 1.165) is 0 Å². The topological polar surface area (TPSA) is 55.6 Å². The maximum atomic E-state index is 12.2. The number of rotatable bonds is 4. The smallest absolute Gasteiger partial charge is 0.270 e. The van der Waals surface area contributed by atoms with E-state index >= 15 is 0 Å². The number of amides is 1. The molecule has 1 amide bonds. The molecule has 2 aromatic rings.